The lowest BCUT2D eigenvalue weighted by Gasteiger charge is -2.21. The Hall–Kier alpha value is -4.19. The van der Waals surface area contributed by atoms with Crippen molar-refractivity contribution in [2.24, 2.45) is 5.92 Å². The Morgan fingerprint density at radius 1 is 1.18 bits per heavy atom. The fraction of sp³-hybridized carbons (Fsp3) is 0.320. The van der Waals surface area contributed by atoms with Gasteiger partial charge in [-0.2, -0.15) is 10.4 Å². The molecule has 1 fully saturated rings. The van der Waals surface area contributed by atoms with E-state index in [-0.39, 0.29) is 6.04 Å². The number of benzene rings is 1. The number of nitriles is 1. The van der Waals surface area contributed by atoms with Gasteiger partial charge >= 0.3 is 0 Å². The number of anilines is 2. The first kappa shape index (κ1) is 21.6. The molecule has 1 aromatic carbocycles. The van der Waals surface area contributed by atoms with Crippen molar-refractivity contribution in [1.29, 1.82) is 5.26 Å². The molecule has 1 aliphatic rings. The Bertz CT molecular complexity index is 1270. The zero-order chi connectivity index (χ0) is 23.3. The number of nitrogens with zero attached hydrogens (tertiary/aromatic N) is 6. The third-order valence-electron chi connectivity index (χ3n) is 6.29. The van der Waals surface area contributed by atoms with Gasteiger partial charge in [0, 0.05) is 23.0 Å². The highest BCUT2D eigenvalue weighted by Crippen LogP contribution is 2.37. The fourth-order valence-electron chi connectivity index (χ4n) is 4.55. The molecule has 9 nitrogen and oxygen atoms in total. The molecule has 1 aliphatic carbocycles. The van der Waals surface area contributed by atoms with Crippen LogP contribution >= 0.6 is 0 Å². The maximum absolute atomic E-state index is 9.36. The second kappa shape index (κ2) is 9.75. The number of nitrogens with one attached hydrogen (secondary N) is 1. The zero-order valence-corrected chi connectivity index (χ0v) is 18.9. The molecular weight excluding hydrogens is 430 g/mol. The third kappa shape index (κ3) is 4.48. The minimum absolute atomic E-state index is 0.0783. The number of oxazole rings is 1. The van der Waals surface area contributed by atoms with E-state index in [1.165, 1.54) is 19.2 Å². The van der Waals surface area contributed by atoms with E-state index in [0.29, 0.717) is 35.5 Å². The van der Waals surface area contributed by atoms with Crippen LogP contribution in [0.3, 0.4) is 0 Å². The first-order chi connectivity index (χ1) is 16.7. The summed E-state index contributed by atoms with van der Waals surface area (Å²) in [4.78, 5) is 13.0. The van der Waals surface area contributed by atoms with Crippen LogP contribution in [-0.2, 0) is 0 Å². The van der Waals surface area contributed by atoms with Gasteiger partial charge in [0.15, 0.2) is 17.9 Å². The Balaban J connectivity index is 1.39. The van der Waals surface area contributed by atoms with E-state index in [9.17, 15) is 5.26 Å². The molecule has 1 N–H and O–H groups in total. The second-order valence-corrected chi connectivity index (χ2v) is 8.36. The summed E-state index contributed by atoms with van der Waals surface area (Å²) < 4.78 is 12.8. The molecule has 0 radical (unpaired) electrons. The number of hydrogen-bond donors (Lipinski definition) is 1. The molecule has 1 atom stereocenters. The number of methoxy groups -OCH3 is 1. The van der Waals surface area contributed by atoms with Crippen LogP contribution in [0.4, 0.5) is 11.6 Å². The summed E-state index contributed by atoms with van der Waals surface area (Å²) in [6.45, 7) is 0. The van der Waals surface area contributed by atoms with E-state index < -0.39 is 0 Å². The second-order valence-electron chi connectivity index (χ2n) is 8.36. The van der Waals surface area contributed by atoms with Crippen molar-refractivity contribution in [2.45, 2.75) is 38.1 Å². The first-order valence-electron chi connectivity index (χ1n) is 11.3. The third-order valence-corrected chi connectivity index (χ3v) is 6.29. The zero-order valence-electron chi connectivity index (χ0n) is 18.9. The summed E-state index contributed by atoms with van der Waals surface area (Å²) in [5.41, 5.74) is 3.24. The molecular formula is C25H25N7O2. The van der Waals surface area contributed by atoms with Gasteiger partial charge in [-0.3, -0.25) is 4.68 Å². The lowest BCUT2D eigenvalue weighted by molar-refractivity contribution is 0.315. The average Bonchev–Trinajstić information content (AvgIpc) is 3.66. The van der Waals surface area contributed by atoms with Crippen molar-refractivity contribution in [1.82, 2.24) is 24.7 Å². The Kier molecular flexibility index (Phi) is 6.21. The molecule has 9 heteroatoms. The quantitative estimate of drug-likeness (QED) is 0.376. The largest absolute Gasteiger partial charge is 0.493 e. The number of rotatable bonds is 8. The Labute approximate surface area is 197 Å². The van der Waals surface area contributed by atoms with Gasteiger partial charge in [-0.1, -0.05) is 12.8 Å². The normalized spacial score (nSPS) is 14.6. The highest BCUT2D eigenvalue weighted by Gasteiger charge is 2.27. The maximum atomic E-state index is 9.36. The van der Waals surface area contributed by atoms with Crippen LogP contribution in [0.2, 0.25) is 0 Å². The van der Waals surface area contributed by atoms with Gasteiger partial charge in [0.2, 0.25) is 5.95 Å². The van der Waals surface area contributed by atoms with Crippen molar-refractivity contribution < 1.29 is 9.15 Å². The van der Waals surface area contributed by atoms with E-state index in [1.807, 2.05) is 35.1 Å². The molecule has 0 aliphatic heterocycles. The van der Waals surface area contributed by atoms with Crippen molar-refractivity contribution in [3.8, 4) is 34.4 Å². The standard InChI is InChI=1S/C25H25N7O2/c1-33-23-14-28-25(30-20-8-6-18(7-9-20)22-13-27-16-34-22)31-24(23)19-12-29-32(15-19)21(10-11-26)17-4-2-3-5-17/h6-9,12-17,21H,2-5,10H2,1H3,(H,28,30,31). The van der Waals surface area contributed by atoms with Crippen molar-refractivity contribution in [3.05, 3.63) is 55.4 Å². The van der Waals surface area contributed by atoms with Crippen LogP contribution in [0.1, 0.15) is 38.1 Å². The molecule has 1 unspecified atom stereocenters. The monoisotopic (exact) mass is 455 g/mol. The molecule has 172 valence electrons. The average molecular weight is 456 g/mol. The predicted octanol–water partition coefficient (Wildman–Crippen LogP) is 5.39. The van der Waals surface area contributed by atoms with Gasteiger partial charge in [-0.25, -0.2) is 15.0 Å². The van der Waals surface area contributed by atoms with Crippen LogP contribution in [0.15, 0.2) is 59.9 Å². The number of hydrogen-bond acceptors (Lipinski definition) is 8. The summed E-state index contributed by atoms with van der Waals surface area (Å²) in [6.07, 6.45) is 13.6. The molecule has 5 rings (SSSR count). The fourth-order valence-corrected chi connectivity index (χ4v) is 4.55. The van der Waals surface area contributed by atoms with Gasteiger partial charge in [-0.05, 0) is 43.0 Å². The summed E-state index contributed by atoms with van der Waals surface area (Å²) >= 11 is 0. The predicted molar refractivity (Wildman–Crippen MR) is 126 cm³/mol. The minimum Gasteiger partial charge on any atom is -0.493 e. The van der Waals surface area contributed by atoms with Crippen LogP contribution in [0.25, 0.3) is 22.6 Å². The summed E-state index contributed by atoms with van der Waals surface area (Å²) in [6, 6.07) is 10.1. The highest BCUT2D eigenvalue weighted by molar-refractivity contribution is 5.68. The molecule has 34 heavy (non-hydrogen) atoms. The van der Waals surface area contributed by atoms with Crippen molar-refractivity contribution in [3.63, 3.8) is 0 Å². The number of ether oxygens (including phenoxy) is 1. The van der Waals surface area contributed by atoms with Gasteiger partial charge in [0.25, 0.3) is 0 Å². The van der Waals surface area contributed by atoms with Crippen molar-refractivity contribution >= 4 is 11.6 Å². The van der Waals surface area contributed by atoms with Crippen LogP contribution in [0, 0.1) is 17.2 Å². The molecule has 0 amide bonds. The Morgan fingerprint density at radius 2 is 2.00 bits per heavy atom. The maximum Gasteiger partial charge on any atom is 0.227 e. The topological polar surface area (TPSA) is 115 Å². The van der Waals surface area contributed by atoms with E-state index in [4.69, 9.17) is 14.1 Å². The summed E-state index contributed by atoms with van der Waals surface area (Å²) in [5, 5.41) is 17.2. The van der Waals surface area contributed by atoms with Crippen molar-refractivity contribution in [2.75, 3.05) is 12.4 Å². The molecule has 3 heterocycles. The molecule has 1 saturated carbocycles. The molecule has 0 bridgehead atoms. The number of aromatic nitrogens is 5. The lowest BCUT2D eigenvalue weighted by atomic mass is 9.96. The summed E-state index contributed by atoms with van der Waals surface area (Å²) in [7, 11) is 1.60. The van der Waals surface area contributed by atoms with Crippen LogP contribution in [0.5, 0.6) is 5.75 Å². The smallest absolute Gasteiger partial charge is 0.227 e. The minimum atomic E-state index is 0.0783. The van der Waals surface area contributed by atoms with Gasteiger partial charge in [-0.15, -0.1) is 0 Å². The first-order valence-corrected chi connectivity index (χ1v) is 11.3. The van der Waals surface area contributed by atoms with Gasteiger partial charge < -0.3 is 14.5 Å². The molecule has 0 spiro atoms. The van der Waals surface area contributed by atoms with E-state index in [1.54, 1.807) is 25.7 Å². The SMILES string of the molecule is COc1cnc(Nc2ccc(-c3cnco3)cc2)nc1-c1cnn(C(CC#N)C2CCCC2)c1. The molecule has 4 aromatic rings. The molecule has 3 aromatic heterocycles. The molecule has 0 saturated heterocycles. The van der Waals surface area contributed by atoms with Gasteiger partial charge in [0.05, 0.1) is 44.2 Å². The van der Waals surface area contributed by atoms with E-state index in [0.717, 1.165) is 29.7 Å². The van der Waals surface area contributed by atoms with E-state index >= 15 is 0 Å². The lowest BCUT2D eigenvalue weighted by Crippen LogP contribution is -2.17. The Morgan fingerprint density at radius 3 is 2.71 bits per heavy atom. The van der Waals surface area contributed by atoms with Gasteiger partial charge in [0.1, 0.15) is 5.69 Å². The summed E-state index contributed by atoms with van der Waals surface area (Å²) in [5.74, 6) is 2.19. The van der Waals surface area contributed by atoms with E-state index in [2.05, 4.69) is 26.5 Å². The van der Waals surface area contributed by atoms with Crippen LogP contribution < -0.4 is 10.1 Å². The highest BCUT2D eigenvalue weighted by atomic mass is 16.5. The van der Waals surface area contributed by atoms with Crippen LogP contribution in [-0.4, -0.2) is 31.8 Å².